The number of anilines is 1. The van der Waals surface area contributed by atoms with E-state index in [1.807, 2.05) is 0 Å². The SMILES string of the molecule is O=C(O)C1CCN(S(=O)(=O)c2ccc3c(c2)CCCO3)c2ccccc21. The van der Waals surface area contributed by atoms with Crippen LogP contribution in [0.5, 0.6) is 5.75 Å². The van der Waals surface area contributed by atoms with E-state index >= 15 is 0 Å². The van der Waals surface area contributed by atoms with Gasteiger partial charge in [-0.05, 0) is 54.7 Å². The summed E-state index contributed by atoms with van der Waals surface area (Å²) in [6.45, 7) is 0.791. The van der Waals surface area contributed by atoms with Gasteiger partial charge in [-0.2, -0.15) is 0 Å². The smallest absolute Gasteiger partial charge is 0.311 e. The monoisotopic (exact) mass is 373 g/mol. The van der Waals surface area contributed by atoms with Gasteiger partial charge in [0.25, 0.3) is 10.0 Å². The molecular formula is C19H19NO5S. The number of aliphatic carboxylic acids is 1. The van der Waals surface area contributed by atoms with Crippen molar-refractivity contribution in [3.63, 3.8) is 0 Å². The summed E-state index contributed by atoms with van der Waals surface area (Å²) >= 11 is 0. The maximum atomic E-state index is 13.2. The minimum absolute atomic E-state index is 0.143. The normalized spacial score (nSPS) is 19.2. The van der Waals surface area contributed by atoms with Crippen LogP contribution in [0.1, 0.15) is 29.9 Å². The molecule has 1 atom stereocenters. The van der Waals surface area contributed by atoms with Gasteiger partial charge in [0.2, 0.25) is 0 Å². The van der Waals surface area contributed by atoms with Crippen LogP contribution < -0.4 is 9.04 Å². The average molecular weight is 373 g/mol. The largest absolute Gasteiger partial charge is 0.493 e. The second-order valence-corrected chi connectivity index (χ2v) is 8.40. The molecule has 0 aliphatic carbocycles. The van der Waals surface area contributed by atoms with Crippen molar-refractivity contribution < 1.29 is 23.1 Å². The van der Waals surface area contributed by atoms with Crippen LogP contribution in [0, 0.1) is 0 Å². The number of hydrogen-bond donors (Lipinski definition) is 1. The lowest BCUT2D eigenvalue weighted by molar-refractivity contribution is -0.139. The van der Waals surface area contributed by atoms with Gasteiger partial charge >= 0.3 is 5.97 Å². The summed E-state index contributed by atoms with van der Waals surface area (Å²) in [7, 11) is -3.77. The Balaban J connectivity index is 1.77. The maximum absolute atomic E-state index is 13.2. The van der Waals surface area contributed by atoms with Gasteiger partial charge in [-0.3, -0.25) is 9.10 Å². The van der Waals surface area contributed by atoms with Crippen molar-refractivity contribution in [1.29, 1.82) is 0 Å². The predicted octanol–water partition coefficient (Wildman–Crippen LogP) is 2.78. The summed E-state index contributed by atoms with van der Waals surface area (Å²) < 4.78 is 33.4. The molecule has 0 saturated carbocycles. The molecule has 2 aromatic rings. The Morgan fingerprint density at radius 3 is 2.81 bits per heavy atom. The zero-order valence-corrected chi connectivity index (χ0v) is 14.9. The highest BCUT2D eigenvalue weighted by Gasteiger charge is 2.36. The number of ether oxygens (including phenoxy) is 1. The highest BCUT2D eigenvalue weighted by atomic mass is 32.2. The van der Waals surface area contributed by atoms with Gasteiger partial charge < -0.3 is 9.84 Å². The molecule has 1 N–H and O–H groups in total. The summed E-state index contributed by atoms with van der Waals surface area (Å²) in [5.41, 5.74) is 1.88. The Morgan fingerprint density at radius 1 is 1.19 bits per heavy atom. The quantitative estimate of drug-likeness (QED) is 0.894. The summed E-state index contributed by atoms with van der Waals surface area (Å²) in [6.07, 6.45) is 1.90. The molecule has 136 valence electrons. The third-order valence-electron chi connectivity index (χ3n) is 4.97. The highest BCUT2D eigenvalue weighted by Crippen LogP contribution is 2.39. The molecule has 0 aromatic heterocycles. The van der Waals surface area contributed by atoms with E-state index in [2.05, 4.69) is 0 Å². The van der Waals surface area contributed by atoms with Gasteiger partial charge in [-0.1, -0.05) is 18.2 Å². The molecule has 2 aliphatic heterocycles. The third-order valence-corrected chi connectivity index (χ3v) is 6.78. The molecule has 0 bridgehead atoms. The van der Waals surface area contributed by atoms with Crippen molar-refractivity contribution in [2.45, 2.75) is 30.1 Å². The number of aryl methyl sites for hydroxylation is 1. The molecule has 26 heavy (non-hydrogen) atoms. The van der Waals surface area contributed by atoms with Gasteiger partial charge in [0.15, 0.2) is 0 Å². The summed E-state index contributed by atoms with van der Waals surface area (Å²) in [6, 6.07) is 11.8. The number of carboxylic acid groups (broad SMARTS) is 1. The predicted molar refractivity (Wildman–Crippen MR) is 96.2 cm³/mol. The zero-order valence-electron chi connectivity index (χ0n) is 14.1. The summed E-state index contributed by atoms with van der Waals surface area (Å²) in [5, 5.41) is 9.44. The molecular weight excluding hydrogens is 354 g/mol. The Labute approximate surface area is 152 Å². The van der Waals surface area contributed by atoms with Crippen LogP contribution in [0.2, 0.25) is 0 Å². The second kappa shape index (κ2) is 6.32. The fourth-order valence-electron chi connectivity index (χ4n) is 3.66. The molecule has 1 unspecified atom stereocenters. The van der Waals surface area contributed by atoms with E-state index in [-0.39, 0.29) is 17.9 Å². The molecule has 4 rings (SSSR count). The van der Waals surface area contributed by atoms with Crippen molar-refractivity contribution in [2.75, 3.05) is 17.5 Å². The number of rotatable bonds is 3. The Hall–Kier alpha value is -2.54. The van der Waals surface area contributed by atoms with Crippen LogP contribution in [0.4, 0.5) is 5.69 Å². The minimum atomic E-state index is -3.77. The van der Waals surface area contributed by atoms with E-state index in [9.17, 15) is 18.3 Å². The van der Waals surface area contributed by atoms with E-state index < -0.39 is 21.9 Å². The molecule has 0 fully saturated rings. The first-order valence-electron chi connectivity index (χ1n) is 8.58. The number of benzene rings is 2. The third kappa shape index (κ3) is 2.72. The van der Waals surface area contributed by atoms with E-state index in [4.69, 9.17) is 4.74 Å². The van der Waals surface area contributed by atoms with Crippen molar-refractivity contribution in [3.8, 4) is 5.75 Å². The van der Waals surface area contributed by atoms with Crippen LogP contribution in [-0.4, -0.2) is 32.6 Å². The zero-order chi connectivity index (χ0) is 18.3. The fourth-order valence-corrected chi connectivity index (χ4v) is 5.22. The lowest BCUT2D eigenvalue weighted by atomic mass is 9.91. The highest BCUT2D eigenvalue weighted by molar-refractivity contribution is 7.92. The number of carboxylic acids is 1. The molecule has 0 radical (unpaired) electrons. The fraction of sp³-hybridized carbons (Fsp3) is 0.316. The van der Waals surface area contributed by atoms with Crippen LogP contribution in [0.3, 0.4) is 0 Å². The number of para-hydroxylation sites is 1. The van der Waals surface area contributed by atoms with E-state index in [1.165, 1.54) is 4.31 Å². The van der Waals surface area contributed by atoms with Gasteiger partial charge in [0.1, 0.15) is 5.75 Å². The van der Waals surface area contributed by atoms with E-state index in [0.29, 0.717) is 17.9 Å². The molecule has 2 aliphatic rings. The number of sulfonamides is 1. The molecule has 0 saturated heterocycles. The summed E-state index contributed by atoms with van der Waals surface area (Å²) in [4.78, 5) is 11.7. The molecule has 2 heterocycles. The van der Waals surface area contributed by atoms with Crippen LogP contribution in [0.25, 0.3) is 0 Å². The molecule has 7 heteroatoms. The lowest BCUT2D eigenvalue weighted by Crippen LogP contribution is -2.38. The first kappa shape index (κ1) is 16.9. The van der Waals surface area contributed by atoms with E-state index in [1.54, 1.807) is 42.5 Å². The minimum Gasteiger partial charge on any atom is -0.493 e. The number of hydrogen-bond acceptors (Lipinski definition) is 4. The van der Waals surface area contributed by atoms with Crippen molar-refractivity contribution >= 4 is 21.7 Å². The Bertz CT molecular complexity index is 970. The molecule has 0 amide bonds. The summed E-state index contributed by atoms with van der Waals surface area (Å²) in [5.74, 6) is -0.879. The van der Waals surface area contributed by atoms with E-state index in [0.717, 1.165) is 24.2 Å². The number of nitrogens with zero attached hydrogens (tertiary/aromatic N) is 1. The molecule has 0 spiro atoms. The number of fused-ring (bicyclic) bond motifs is 2. The van der Waals surface area contributed by atoms with Crippen LogP contribution in [-0.2, 0) is 21.2 Å². The van der Waals surface area contributed by atoms with Gasteiger partial charge in [-0.15, -0.1) is 0 Å². The van der Waals surface area contributed by atoms with Gasteiger partial charge in [0.05, 0.1) is 23.1 Å². The Morgan fingerprint density at radius 2 is 2.00 bits per heavy atom. The van der Waals surface area contributed by atoms with Crippen molar-refractivity contribution in [1.82, 2.24) is 0 Å². The molecule has 6 nitrogen and oxygen atoms in total. The first-order chi connectivity index (χ1) is 12.5. The average Bonchev–Trinajstić information content (AvgIpc) is 2.66. The number of carbonyl (C=O) groups is 1. The van der Waals surface area contributed by atoms with Crippen molar-refractivity contribution in [2.24, 2.45) is 0 Å². The van der Waals surface area contributed by atoms with Gasteiger partial charge in [-0.25, -0.2) is 8.42 Å². The van der Waals surface area contributed by atoms with Crippen LogP contribution >= 0.6 is 0 Å². The van der Waals surface area contributed by atoms with Crippen LogP contribution in [0.15, 0.2) is 47.4 Å². The van der Waals surface area contributed by atoms with Crippen molar-refractivity contribution in [3.05, 3.63) is 53.6 Å². The topological polar surface area (TPSA) is 83.9 Å². The van der Waals surface area contributed by atoms with Gasteiger partial charge in [0, 0.05) is 6.54 Å². The second-order valence-electron chi connectivity index (χ2n) is 6.54. The molecule has 2 aromatic carbocycles. The maximum Gasteiger partial charge on any atom is 0.311 e. The lowest BCUT2D eigenvalue weighted by Gasteiger charge is -2.33. The first-order valence-corrected chi connectivity index (χ1v) is 10.0. The standard InChI is InChI=1S/C19H19NO5S/c21-19(22)16-9-10-20(17-6-2-1-5-15(16)17)26(23,24)14-7-8-18-13(12-14)4-3-11-25-18/h1-2,5-8,12,16H,3-4,9-11H2,(H,21,22). The Kier molecular flexibility index (Phi) is 4.11.